The van der Waals surface area contributed by atoms with Gasteiger partial charge in [0.25, 0.3) is 0 Å². The van der Waals surface area contributed by atoms with Crippen molar-refractivity contribution in [2.45, 2.75) is 51.7 Å². The highest BCUT2D eigenvalue weighted by Crippen LogP contribution is 2.66. The van der Waals surface area contributed by atoms with E-state index in [9.17, 15) is 14.4 Å². The Morgan fingerprint density at radius 2 is 1.77 bits per heavy atom. The highest BCUT2D eigenvalue weighted by molar-refractivity contribution is 6.07. The van der Waals surface area contributed by atoms with Crippen LogP contribution in [0.4, 0.5) is 0 Å². The minimum atomic E-state index is -1.45. The van der Waals surface area contributed by atoms with Crippen LogP contribution in [0.15, 0.2) is 24.3 Å². The van der Waals surface area contributed by atoms with Crippen LogP contribution < -0.4 is 4.74 Å². The third-order valence-electron chi connectivity index (χ3n) is 6.85. The number of para-hydroxylation sites is 1. The molecular formula is C20H22O6. The number of ether oxygens (including phenoxy) is 3. The second-order valence-electron chi connectivity index (χ2n) is 8.41. The monoisotopic (exact) mass is 358 g/mol. The average molecular weight is 358 g/mol. The van der Waals surface area contributed by atoms with Gasteiger partial charge in [0.2, 0.25) is 17.0 Å². The fourth-order valence-electron chi connectivity index (χ4n) is 4.41. The molecular weight excluding hydrogens is 336 g/mol. The summed E-state index contributed by atoms with van der Waals surface area (Å²) in [4.78, 5) is 38.4. The van der Waals surface area contributed by atoms with Gasteiger partial charge in [-0.15, -0.1) is 0 Å². The maximum atomic E-state index is 13.2. The molecule has 0 radical (unpaired) electrons. The van der Waals surface area contributed by atoms with E-state index in [0.29, 0.717) is 24.2 Å². The summed E-state index contributed by atoms with van der Waals surface area (Å²) >= 11 is 0. The molecule has 2 heterocycles. The molecule has 1 aromatic rings. The lowest BCUT2D eigenvalue weighted by Crippen LogP contribution is -2.55. The summed E-state index contributed by atoms with van der Waals surface area (Å²) in [5.74, 6) is -0.888. The zero-order valence-electron chi connectivity index (χ0n) is 15.4. The zero-order valence-corrected chi connectivity index (χ0v) is 15.4. The predicted octanol–water partition coefficient (Wildman–Crippen LogP) is 2.69. The Bertz CT molecular complexity index is 842. The molecule has 2 aliphatic heterocycles. The van der Waals surface area contributed by atoms with Crippen molar-refractivity contribution in [2.24, 2.45) is 10.8 Å². The van der Waals surface area contributed by atoms with Gasteiger partial charge in [0.05, 0.1) is 11.0 Å². The van der Waals surface area contributed by atoms with Crippen LogP contribution in [0.1, 0.15) is 50.9 Å². The standard InChI is InChI=1S/C20H22O6/c1-17(2)18(3)9-10-20(17,26-15(18)22)16(23)25-19(4)11-24-13-8-6-5-7-12(13)14(19)21/h5-8H,9-11H2,1-4H3/t18-,19+,20+/m0/s1. The van der Waals surface area contributed by atoms with Crippen LogP contribution >= 0.6 is 0 Å². The van der Waals surface area contributed by atoms with Crippen molar-refractivity contribution in [3.8, 4) is 5.75 Å². The van der Waals surface area contributed by atoms with Gasteiger partial charge >= 0.3 is 11.9 Å². The molecule has 2 bridgehead atoms. The zero-order chi connectivity index (χ0) is 19.0. The molecule has 6 heteroatoms. The number of benzene rings is 1. The smallest absolute Gasteiger partial charge is 0.352 e. The van der Waals surface area contributed by atoms with Gasteiger partial charge in [0.1, 0.15) is 12.4 Å². The lowest BCUT2D eigenvalue weighted by atomic mass is 9.66. The van der Waals surface area contributed by atoms with Crippen LogP contribution in [-0.4, -0.2) is 35.5 Å². The number of hydrogen-bond donors (Lipinski definition) is 0. The van der Waals surface area contributed by atoms with Gasteiger partial charge in [0.15, 0.2) is 0 Å². The third-order valence-corrected chi connectivity index (χ3v) is 6.85. The maximum absolute atomic E-state index is 13.2. The lowest BCUT2D eigenvalue weighted by Gasteiger charge is -2.39. The SMILES string of the molecule is CC1(C)[C@@]2(C)CC[C@]1(C(=O)O[C@]1(C)COc3ccccc3C1=O)OC2=O. The minimum Gasteiger partial charge on any atom is -0.488 e. The molecule has 1 aromatic carbocycles. The number of carbonyl (C=O) groups is 3. The van der Waals surface area contributed by atoms with Gasteiger partial charge in [-0.1, -0.05) is 26.0 Å². The molecule has 0 spiro atoms. The summed E-state index contributed by atoms with van der Waals surface area (Å²) in [7, 11) is 0. The third kappa shape index (κ3) is 1.79. The molecule has 2 fully saturated rings. The molecule has 0 aromatic heterocycles. The summed E-state index contributed by atoms with van der Waals surface area (Å²) in [6.45, 7) is 6.99. The molecule has 138 valence electrons. The van der Waals surface area contributed by atoms with Crippen molar-refractivity contribution in [3.05, 3.63) is 29.8 Å². The van der Waals surface area contributed by atoms with Crippen molar-refractivity contribution < 1.29 is 28.6 Å². The van der Waals surface area contributed by atoms with Crippen molar-refractivity contribution in [3.63, 3.8) is 0 Å². The fourth-order valence-corrected chi connectivity index (χ4v) is 4.41. The summed E-state index contributed by atoms with van der Waals surface area (Å²) in [6.07, 6.45) is 0.945. The van der Waals surface area contributed by atoms with Gasteiger partial charge in [-0.05, 0) is 38.8 Å². The molecule has 3 atom stereocenters. The molecule has 1 aliphatic carbocycles. The van der Waals surface area contributed by atoms with E-state index in [1.54, 1.807) is 24.3 Å². The number of rotatable bonds is 2. The van der Waals surface area contributed by atoms with Crippen LogP contribution in [0.5, 0.6) is 5.75 Å². The number of esters is 2. The van der Waals surface area contributed by atoms with E-state index >= 15 is 0 Å². The quantitative estimate of drug-likeness (QED) is 0.757. The topological polar surface area (TPSA) is 78.9 Å². The van der Waals surface area contributed by atoms with E-state index in [-0.39, 0.29) is 18.4 Å². The number of Topliss-reactive ketones (excluding diaryl/α,β-unsaturated/α-hetero) is 1. The normalized spacial score (nSPS) is 36.9. The van der Waals surface area contributed by atoms with Crippen LogP contribution in [0.3, 0.4) is 0 Å². The average Bonchev–Trinajstić information content (AvgIpc) is 2.89. The van der Waals surface area contributed by atoms with Crippen LogP contribution in [0.2, 0.25) is 0 Å². The molecule has 4 rings (SSSR count). The number of ketones is 1. The highest BCUT2D eigenvalue weighted by atomic mass is 16.6. The Morgan fingerprint density at radius 3 is 2.38 bits per heavy atom. The summed E-state index contributed by atoms with van der Waals surface area (Å²) in [6, 6.07) is 6.86. The molecule has 6 nitrogen and oxygen atoms in total. The summed E-state index contributed by atoms with van der Waals surface area (Å²) in [5.41, 5.74) is -3.89. The van der Waals surface area contributed by atoms with E-state index < -0.39 is 28.0 Å². The predicted molar refractivity (Wildman–Crippen MR) is 90.7 cm³/mol. The van der Waals surface area contributed by atoms with E-state index in [2.05, 4.69) is 0 Å². The van der Waals surface area contributed by atoms with E-state index in [1.165, 1.54) is 6.92 Å². The van der Waals surface area contributed by atoms with Gasteiger partial charge in [-0.2, -0.15) is 0 Å². The first kappa shape index (κ1) is 17.1. The van der Waals surface area contributed by atoms with Crippen molar-refractivity contribution in [1.82, 2.24) is 0 Å². The van der Waals surface area contributed by atoms with Gasteiger partial charge in [-0.25, -0.2) is 4.79 Å². The molecule has 0 unspecified atom stereocenters. The second kappa shape index (κ2) is 4.87. The molecule has 1 saturated carbocycles. The van der Waals surface area contributed by atoms with Crippen LogP contribution in [0.25, 0.3) is 0 Å². The summed E-state index contributed by atoms with van der Waals surface area (Å²) < 4.78 is 16.9. The second-order valence-corrected chi connectivity index (χ2v) is 8.41. The van der Waals surface area contributed by atoms with Gasteiger partial charge in [-0.3, -0.25) is 9.59 Å². The van der Waals surface area contributed by atoms with Crippen molar-refractivity contribution in [1.29, 1.82) is 0 Å². The van der Waals surface area contributed by atoms with Gasteiger partial charge < -0.3 is 14.2 Å². The molecule has 3 aliphatic rings. The Labute approximate surface area is 151 Å². The Kier molecular flexibility index (Phi) is 3.20. The van der Waals surface area contributed by atoms with Crippen LogP contribution in [0, 0.1) is 10.8 Å². The Balaban J connectivity index is 1.66. The minimum absolute atomic E-state index is 0.0731. The Hall–Kier alpha value is -2.37. The van der Waals surface area contributed by atoms with Crippen LogP contribution in [-0.2, 0) is 19.1 Å². The number of carbonyl (C=O) groups excluding carboxylic acids is 3. The first-order valence-electron chi connectivity index (χ1n) is 8.81. The van der Waals surface area contributed by atoms with E-state index in [0.717, 1.165) is 0 Å². The largest absolute Gasteiger partial charge is 0.488 e. The van der Waals surface area contributed by atoms with E-state index in [1.807, 2.05) is 20.8 Å². The van der Waals surface area contributed by atoms with Crippen molar-refractivity contribution >= 4 is 17.7 Å². The molecule has 0 N–H and O–H groups in total. The first-order chi connectivity index (χ1) is 12.1. The summed E-state index contributed by atoms with van der Waals surface area (Å²) in [5, 5.41) is 0. The maximum Gasteiger partial charge on any atom is 0.352 e. The highest BCUT2D eigenvalue weighted by Gasteiger charge is 2.77. The van der Waals surface area contributed by atoms with Gasteiger partial charge in [0, 0.05) is 5.41 Å². The first-order valence-corrected chi connectivity index (χ1v) is 8.81. The molecule has 26 heavy (non-hydrogen) atoms. The number of fused-ring (bicyclic) bond motifs is 3. The Morgan fingerprint density at radius 1 is 1.08 bits per heavy atom. The fraction of sp³-hybridized carbons (Fsp3) is 0.550. The van der Waals surface area contributed by atoms with Crippen molar-refractivity contribution in [2.75, 3.05) is 6.61 Å². The van der Waals surface area contributed by atoms with E-state index in [4.69, 9.17) is 14.2 Å². The lowest BCUT2D eigenvalue weighted by molar-refractivity contribution is -0.192. The molecule has 1 saturated heterocycles. The molecule has 0 amide bonds. The number of hydrogen-bond acceptors (Lipinski definition) is 6.